The number of nitrogens with two attached hydrogens (primary N) is 1. The number of hydrogen-bond donors (Lipinski definition) is 3. The zero-order chi connectivity index (χ0) is 20.5. The topological polar surface area (TPSA) is 84.2 Å². The molecule has 0 aliphatic heterocycles. The summed E-state index contributed by atoms with van der Waals surface area (Å²) >= 11 is 1.31. The van der Waals surface area contributed by atoms with Crippen molar-refractivity contribution >= 4 is 29.3 Å². The minimum Gasteiger partial charge on any atom is -0.369 e. The average molecular weight is 406 g/mol. The fourth-order valence-corrected chi connectivity index (χ4v) is 3.70. The van der Waals surface area contributed by atoms with Gasteiger partial charge < -0.3 is 11.1 Å². The smallest absolute Gasteiger partial charge is 0.238 e. The number of thioether (sulfide) groups is 1. The zero-order valence-electron chi connectivity index (χ0n) is 15.9. The first kappa shape index (κ1) is 20.6. The number of primary amides is 1. The number of benzene rings is 3. The highest BCUT2D eigenvalue weighted by molar-refractivity contribution is 8.00. The van der Waals surface area contributed by atoms with Crippen LogP contribution >= 0.6 is 11.8 Å². The van der Waals surface area contributed by atoms with Crippen LogP contribution in [0.25, 0.3) is 0 Å². The van der Waals surface area contributed by atoms with E-state index in [9.17, 15) is 9.59 Å². The van der Waals surface area contributed by atoms with Crippen molar-refractivity contribution in [2.24, 2.45) is 5.73 Å². The van der Waals surface area contributed by atoms with Gasteiger partial charge in [-0.1, -0.05) is 72.8 Å². The Balaban J connectivity index is 1.68. The fraction of sp³-hybridized carbons (Fsp3) is 0.130. The SMILES string of the molecule is NC(=O)CSc1ccccc1NC(=O)CNC(c1ccccc1)c1ccccc1. The third-order valence-corrected chi connectivity index (χ3v) is 5.36. The Labute approximate surface area is 174 Å². The van der Waals surface area contributed by atoms with Crippen LogP contribution in [0.5, 0.6) is 0 Å². The van der Waals surface area contributed by atoms with Gasteiger partial charge in [-0.2, -0.15) is 0 Å². The summed E-state index contributed by atoms with van der Waals surface area (Å²) in [7, 11) is 0. The summed E-state index contributed by atoms with van der Waals surface area (Å²) in [5.41, 5.74) is 8.07. The first-order valence-corrected chi connectivity index (χ1v) is 10.3. The van der Waals surface area contributed by atoms with E-state index in [0.717, 1.165) is 16.0 Å². The second kappa shape index (κ2) is 10.5. The van der Waals surface area contributed by atoms with Crippen LogP contribution in [0.2, 0.25) is 0 Å². The first-order valence-electron chi connectivity index (χ1n) is 9.27. The van der Waals surface area contributed by atoms with Crippen LogP contribution in [0, 0.1) is 0 Å². The summed E-state index contributed by atoms with van der Waals surface area (Å²) in [6, 6.07) is 27.3. The average Bonchev–Trinajstić information content (AvgIpc) is 2.75. The lowest BCUT2D eigenvalue weighted by atomic mass is 9.99. The maximum absolute atomic E-state index is 12.6. The van der Waals surface area contributed by atoms with Crippen LogP contribution in [0.4, 0.5) is 5.69 Å². The van der Waals surface area contributed by atoms with Crippen molar-refractivity contribution in [1.82, 2.24) is 5.32 Å². The van der Waals surface area contributed by atoms with Crippen molar-refractivity contribution in [2.45, 2.75) is 10.9 Å². The number of carbonyl (C=O) groups is 2. The molecule has 0 fully saturated rings. The maximum atomic E-state index is 12.6. The van der Waals surface area contributed by atoms with Crippen molar-refractivity contribution in [3.63, 3.8) is 0 Å². The Kier molecular flexibility index (Phi) is 7.44. The molecule has 5 nitrogen and oxygen atoms in total. The van der Waals surface area contributed by atoms with E-state index < -0.39 is 5.91 Å². The van der Waals surface area contributed by atoms with Gasteiger partial charge in [0.2, 0.25) is 11.8 Å². The number of nitrogens with one attached hydrogen (secondary N) is 2. The molecule has 3 rings (SSSR count). The molecule has 29 heavy (non-hydrogen) atoms. The van der Waals surface area contributed by atoms with Crippen LogP contribution in [0.3, 0.4) is 0 Å². The standard InChI is InChI=1S/C23H23N3O2S/c24-21(27)16-29-20-14-8-7-13-19(20)26-22(28)15-25-23(17-9-3-1-4-10-17)18-11-5-2-6-12-18/h1-14,23,25H,15-16H2,(H2,24,27)(H,26,28). The summed E-state index contributed by atoms with van der Waals surface area (Å²) in [6.45, 7) is 0.142. The third kappa shape index (κ3) is 6.20. The van der Waals surface area contributed by atoms with Gasteiger partial charge in [0.1, 0.15) is 0 Å². The molecule has 0 aliphatic carbocycles. The van der Waals surface area contributed by atoms with Crippen LogP contribution in [0.15, 0.2) is 89.8 Å². The van der Waals surface area contributed by atoms with Crippen molar-refractivity contribution in [2.75, 3.05) is 17.6 Å². The van der Waals surface area contributed by atoms with Gasteiger partial charge in [0.25, 0.3) is 0 Å². The Morgan fingerprint density at radius 3 is 1.97 bits per heavy atom. The molecular formula is C23H23N3O2S. The quantitative estimate of drug-likeness (QED) is 0.475. The second-order valence-corrected chi connectivity index (χ2v) is 7.45. The highest BCUT2D eigenvalue weighted by Gasteiger charge is 2.15. The Morgan fingerprint density at radius 1 is 0.828 bits per heavy atom. The molecule has 0 unspecified atom stereocenters. The van der Waals surface area contributed by atoms with E-state index in [1.165, 1.54) is 11.8 Å². The van der Waals surface area contributed by atoms with Gasteiger partial charge in [0.15, 0.2) is 0 Å². The monoisotopic (exact) mass is 405 g/mol. The summed E-state index contributed by atoms with van der Waals surface area (Å²) in [4.78, 5) is 24.5. The lowest BCUT2D eigenvalue weighted by Gasteiger charge is -2.20. The van der Waals surface area contributed by atoms with Gasteiger partial charge in [0.05, 0.1) is 24.0 Å². The molecule has 3 aromatic rings. The Bertz CT molecular complexity index is 909. The highest BCUT2D eigenvalue weighted by atomic mass is 32.2. The molecule has 0 saturated carbocycles. The molecule has 6 heteroatoms. The second-order valence-electron chi connectivity index (χ2n) is 6.43. The summed E-state index contributed by atoms with van der Waals surface area (Å²) in [6.07, 6.45) is 0. The number of hydrogen-bond acceptors (Lipinski definition) is 4. The lowest BCUT2D eigenvalue weighted by molar-refractivity contribution is -0.116. The van der Waals surface area contributed by atoms with Gasteiger partial charge >= 0.3 is 0 Å². The minimum absolute atomic E-state index is 0.0948. The molecule has 0 bridgehead atoms. The van der Waals surface area contributed by atoms with Crippen molar-refractivity contribution < 1.29 is 9.59 Å². The number of para-hydroxylation sites is 1. The molecule has 4 N–H and O–H groups in total. The normalized spacial score (nSPS) is 10.7. The lowest BCUT2D eigenvalue weighted by Crippen LogP contribution is -2.32. The number of rotatable bonds is 9. The Morgan fingerprint density at radius 2 is 1.38 bits per heavy atom. The van der Waals surface area contributed by atoms with Crippen molar-refractivity contribution in [3.8, 4) is 0 Å². The van der Waals surface area contributed by atoms with E-state index in [2.05, 4.69) is 10.6 Å². The van der Waals surface area contributed by atoms with E-state index in [4.69, 9.17) is 5.73 Å². The van der Waals surface area contributed by atoms with Crippen LogP contribution in [-0.4, -0.2) is 24.1 Å². The summed E-state index contributed by atoms with van der Waals surface area (Å²) < 4.78 is 0. The van der Waals surface area contributed by atoms with E-state index in [1.807, 2.05) is 84.9 Å². The maximum Gasteiger partial charge on any atom is 0.238 e. The van der Waals surface area contributed by atoms with Gasteiger partial charge in [-0.25, -0.2) is 0 Å². The van der Waals surface area contributed by atoms with E-state index in [-0.39, 0.29) is 24.2 Å². The predicted molar refractivity (Wildman–Crippen MR) is 118 cm³/mol. The van der Waals surface area contributed by atoms with Crippen molar-refractivity contribution in [3.05, 3.63) is 96.1 Å². The van der Waals surface area contributed by atoms with E-state index in [0.29, 0.717) is 5.69 Å². The molecule has 0 aliphatic rings. The number of amides is 2. The van der Waals surface area contributed by atoms with Gasteiger partial charge in [-0.15, -0.1) is 11.8 Å². The van der Waals surface area contributed by atoms with Crippen LogP contribution in [-0.2, 0) is 9.59 Å². The van der Waals surface area contributed by atoms with Crippen LogP contribution < -0.4 is 16.4 Å². The summed E-state index contributed by atoms with van der Waals surface area (Å²) in [5.74, 6) is -0.393. The minimum atomic E-state index is -0.397. The van der Waals surface area contributed by atoms with E-state index in [1.54, 1.807) is 0 Å². The predicted octanol–water partition coefficient (Wildman–Crippen LogP) is 3.58. The first-order chi connectivity index (χ1) is 14.1. The van der Waals surface area contributed by atoms with Gasteiger partial charge in [0, 0.05) is 4.90 Å². The van der Waals surface area contributed by atoms with E-state index >= 15 is 0 Å². The molecule has 0 spiro atoms. The molecule has 148 valence electrons. The van der Waals surface area contributed by atoms with Gasteiger partial charge in [-0.3, -0.25) is 14.9 Å². The molecule has 0 aromatic heterocycles. The molecule has 2 amide bonds. The summed E-state index contributed by atoms with van der Waals surface area (Å²) in [5, 5.41) is 6.27. The number of carbonyl (C=O) groups excluding carboxylic acids is 2. The van der Waals surface area contributed by atoms with Gasteiger partial charge in [-0.05, 0) is 23.3 Å². The van der Waals surface area contributed by atoms with Crippen molar-refractivity contribution in [1.29, 1.82) is 0 Å². The van der Waals surface area contributed by atoms with Crippen LogP contribution in [0.1, 0.15) is 17.2 Å². The molecule has 0 saturated heterocycles. The molecule has 0 atom stereocenters. The molecular weight excluding hydrogens is 382 g/mol. The molecule has 3 aromatic carbocycles. The third-order valence-electron chi connectivity index (χ3n) is 4.26. The highest BCUT2D eigenvalue weighted by Crippen LogP contribution is 2.27. The fourth-order valence-electron chi connectivity index (χ4n) is 2.95. The Hall–Kier alpha value is -3.09. The largest absolute Gasteiger partial charge is 0.369 e. The molecule has 0 radical (unpaired) electrons. The molecule has 0 heterocycles. The zero-order valence-corrected chi connectivity index (χ0v) is 16.7. The number of anilines is 1.